The van der Waals surface area contributed by atoms with Crippen LogP contribution in [0.4, 0.5) is 0 Å². The lowest BCUT2D eigenvalue weighted by Crippen LogP contribution is -2.40. The van der Waals surface area contributed by atoms with Crippen LogP contribution in [0.5, 0.6) is 0 Å². The van der Waals surface area contributed by atoms with E-state index >= 15 is 0 Å². The van der Waals surface area contributed by atoms with Gasteiger partial charge in [0.25, 0.3) is 0 Å². The number of likely N-dealkylation sites (tertiary alicyclic amines) is 1. The summed E-state index contributed by atoms with van der Waals surface area (Å²) in [6.45, 7) is 1.55. The van der Waals surface area contributed by atoms with Crippen LogP contribution in [-0.4, -0.2) is 35.2 Å². The second-order valence-electron chi connectivity index (χ2n) is 4.72. The number of aliphatic hydroxyl groups excluding tert-OH is 1. The molecule has 1 saturated heterocycles. The molecule has 3 heteroatoms. The summed E-state index contributed by atoms with van der Waals surface area (Å²) in [5.74, 6) is 2.03. The summed E-state index contributed by atoms with van der Waals surface area (Å²) in [6, 6.07) is 2.52. The number of hydrogen-bond acceptors (Lipinski definition) is 3. The highest BCUT2D eigenvalue weighted by molar-refractivity contribution is 5.11. The number of rotatable bonds is 1. The van der Waals surface area contributed by atoms with Crippen molar-refractivity contribution in [1.29, 1.82) is 5.26 Å². The van der Waals surface area contributed by atoms with Gasteiger partial charge in [0.15, 0.2) is 0 Å². The first-order chi connectivity index (χ1) is 6.31. The summed E-state index contributed by atoms with van der Waals surface area (Å²) >= 11 is 0. The van der Waals surface area contributed by atoms with Crippen molar-refractivity contribution in [3.8, 4) is 6.07 Å². The van der Waals surface area contributed by atoms with Crippen LogP contribution in [0.25, 0.3) is 0 Å². The molecule has 1 heterocycles. The monoisotopic (exact) mass is 178 g/mol. The fourth-order valence-electron chi connectivity index (χ4n) is 3.81. The van der Waals surface area contributed by atoms with Gasteiger partial charge in [-0.05, 0) is 30.6 Å². The molecule has 13 heavy (non-hydrogen) atoms. The summed E-state index contributed by atoms with van der Waals surface area (Å²) < 4.78 is 0. The molecule has 2 aliphatic carbocycles. The maximum absolute atomic E-state index is 9.95. The van der Waals surface area contributed by atoms with Gasteiger partial charge in [-0.25, -0.2) is 0 Å². The third kappa shape index (κ3) is 0.853. The Bertz CT molecular complexity index is 271. The van der Waals surface area contributed by atoms with Gasteiger partial charge in [-0.3, -0.25) is 4.90 Å². The molecular weight excluding hydrogens is 164 g/mol. The molecule has 3 aliphatic rings. The molecule has 2 bridgehead atoms. The first kappa shape index (κ1) is 7.78. The fourth-order valence-corrected chi connectivity index (χ4v) is 3.81. The lowest BCUT2D eigenvalue weighted by atomic mass is 9.88. The van der Waals surface area contributed by atoms with Gasteiger partial charge in [0.05, 0.1) is 18.7 Å². The fraction of sp³-hybridized carbons (Fsp3) is 0.900. The van der Waals surface area contributed by atoms with Gasteiger partial charge in [-0.1, -0.05) is 0 Å². The number of aliphatic hydroxyl groups is 1. The molecule has 0 spiro atoms. The van der Waals surface area contributed by atoms with Crippen molar-refractivity contribution in [3.05, 3.63) is 0 Å². The second-order valence-corrected chi connectivity index (χ2v) is 4.72. The molecular formula is C10H14N2O. The highest BCUT2D eigenvalue weighted by Crippen LogP contribution is 2.54. The first-order valence-electron chi connectivity index (χ1n) is 5.10. The summed E-state index contributed by atoms with van der Waals surface area (Å²) in [5.41, 5.74) is 0. The average molecular weight is 178 g/mol. The molecule has 0 aromatic rings. The van der Waals surface area contributed by atoms with Gasteiger partial charge >= 0.3 is 0 Å². The predicted molar refractivity (Wildman–Crippen MR) is 46.7 cm³/mol. The van der Waals surface area contributed by atoms with E-state index in [1.807, 2.05) is 0 Å². The standard InChI is InChI=1S/C10H14N2O/c11-1-2-12-5-7-3-6-4-8(7)9(12)10(6)13/h6-10,13H,2-5H2. The van der Waals surface area contributed by atoms with Crippen molar-refractivity contribution in [2.75, 3.05) is 13.1 Å². The van der Waals surface area contributed by atoms with Crippen molar-refractivity contribution >= 4 is 0 Å². The third-order valence-corrected chi connectivity index (χ3v) is 4.22. The Hall–Kier alpha value is -0.590. The van der Waals surface area contributed by atoms with Gasteiger partial charge in [-0.15, -0.1) is 0 Å². The molecule has 1 N–H and O–H groups in total. The minimum absolute atomic E-state index is 0.142. The van der Waals surface area contributed by atoms with Crippen molar-refractivity contribution in [1.82, 2.24) is 4.90 Å². The van der Waals surface area contributed by atoms with Crippen LogP contribution >= 0.6 is 0 Å². The Kier molecular flexibility index (Phi) is 1.47. The second kappa shape index (κ2) is 2.46. The highest BCUT2D eigenvalue weighted by atomic mass is 16.3. The maximum atomic E-state index is 9.95. The Morgan fingerprint density at radius 2 is 2.23 bits per heavy atom. The van der Waals surface area contributed by atoms with E-state index in [4.69, 9.17) is 5.26 Å². The lowest BCUT2D eigenvalue weighted by molar-refractivity contribution is 0.0555. The molecule has 3 fully saturated rings. The molecule has 0 aromatic carbocycles. The topological polar surface area (TPSA) is 47.3 Å². The van der Waals surface area contributed by atoms with Crippen LogP contribution in [-0.2, 0) is 0 Å². The van der Waals surface area contributed by atoms with Crippen molar-refractivity contribution in [2.24, 2.45) is 17.8 Å². The summed E-state index contributed by atoms with van der Waals surface area (Å²) in [6.07, 6.45) is 2.26. The van der Waals surface area contributed by atoms with E-state index in [0.29, 0.717) is 24.4 Å². The molecule has 3 rings (SSSR count). The van der Waals surface area contributed by atoms with Crippen molar-refractivity contribution in [2.45, 2.75) is 25.0 Å². The molecule has 0 radical (unpaired) electrons. The Labute approximate surface area is 78.0 Å². The number of nitriles is 1. The molecule has 1 aliphatic heterocycles. The zero-order chi connectivity index (χ0) is 9.00. The van der Waals surface area contributed by atoms with E-state index in [2.05, 4.69) is 11.0 Å². The van der Waals surface area contributed by atoms with Gasteiger partial charge in [-0.2, -0.15) is 5.26 Å². The minimum atomic E-state index is -0.142. The predicted octanol–water partition coefficient (Wildman–Crippen LogP) is 0.211. The molecule has 3 nitrogen and oxygen atoms in total. The van der Waals surface area contributed by atoms with E-state index in [-0.39, 0.29) is 6.10 Å². The van der Waals surface area contributed by atoms with Crippen LogP contribution in [0, 0.1) is 29.1 Å². The molecule has 5 atom stereocenters. The Balaban J connectivity index is 1.87. The summed E-state index contributed by atoms with van der Waals surface area (Å²) in [4.78, 5) is 2.19. The molecule has 0 aromatic heterocycles. The molecule has 5 unspecified atom stereocenters. The third-order valence-electron chi connectivity index (χ3n) is 4.22. The molecule has 0 amide bonds. The van der Waals surface area contributed by atoms with Crippen molar-refractivity contribution in [3.63, 3.8) is 0 Å². The maximum Gasteiger partial charge on any atom is 0.0869 e. The van der Waals surface area contributed by atoms with Gasteiger partial charge in [0, 0.05) is 12.6 Å². The lowest BCUT2D eigenvalue weighted by Gasteiger charge is -2.27. The van der Waals surface area contributed by atoms with Crippen LogP contribution in [0.1, 0.15) is 12.8 Å². The number of fused-ring (bicyclic) bond motifs is 1. The van der Waals surface area contributed by atoms with Gasteiger partial charge < -0.3 is 5.11 Å². The average Bonchev–Trinajstić information content (AvgIpc) is 2.65. The van der Waals surface area contributed by atoms with Crippen LogP contribution < -0.4 is 0 Å². The Morgan fingerprint density at radius 1 is 1.38 bits per heavy atom. The van der Waals surface area contributed by atoms with E-state index < -0.39 is 0 Å². The molecule has 70 valence electrons. The normalized spacial score (nSPS) is 52.8. The number of nitrogens with zero attached hydrogens (tertiary/aromatic N) is 2. The van der Waals surface area contributed by atoms with Gasteiger partial charge in [0.2, 0.25) is 0 Å². The SMILES string of the molecule is N#CCN1CC2CC3CC2C1C3O. The Morgan fingerprint density at radius 3 is 2.92 bits per heavy atom. The van der Waals surface area contributed by atoms with E-state index in [9.17, 15) is 5.11 Å². The largest absolute Gasteiger partial charge is 0.391 e. The zero-order valence-corrected chi connectivity index (χ0v) is 7.56. The molecule has 2 saturated carbocycles. The first-order valence-corrected chi connectivity index (χ1v) is 5.10. The highest BCUT2D eigenvalue weighted by Gasteiger charge is 2.58. The van der Waals surface area contributed by atoms with Crippen molar-refractivity contribution < 1.29 is 5.11 Å². The van der Waals surface area contributed by atoms with E-state index in [0.717, 1.165) is 12.5 Å². The van der Waals surface area contributed by atoms with Crippen LogP contribution in [0.15, 0.2) is 0 Å². The summed E-state index contributed by atoms with van der Waals surface area (Å²) in [7, 11) is 0. The van der Waals surface area contributed by atoms with Crippen LogP contribution in [0.2, 0.25) is 0 Å². The summed E-state index contributed by atoms with van der Waals surface area (Å²) in [5, 5.41) is 18.6. The van der Waals surface area contributed by atoms with E-state index in [1.54, 1.807) is 0 Å². The quantitative estimate of drug-likeness (QED) is 0.584. The minimum Gasteiger partial charge on any atom is -0.391 e. The smallest absolute Gasteiger partial charge is 0.0869 e. The number of hydrogen-bond donors (Lipinski definition) is 1. The van der Waals surface area contributed by atoms with Crippen LogP contribution in [0.3, 0.4) is 0 Å². The van der Waals surface area contributed by atoms with Gasteiger partial charge in [0.1, 0.15) is 0 Å². The zero-order valence-electron chi connectivity index (χ0n) is 7.56. The van der Waals surface area contributed by atoms with E-state index in [1.165, 1.54) is 12.8 Å².